The molecule has 3 aromatic carbocycles. The average molecular weight is 442 g/mol. The molecule has 8 nitrogen and oxygen atoms in total. The Morgan fingerprint density at radius 2 is 1.84 bits per heavy atom. The van der Waals surface area contributed by atoms with Crippen molar-refractivity contribution in [3.63, 3.8) is 0 Å². The molecule has 0 fully saturated rings. The van der Waals surface area contributed by atoms with Crippen LogP contribution in [0.1, 0.15) is 15.9 Å². The van der Waals surface area contributed by atoms with E-state index in [9.17, 15) is 19.7 Å². The van der Waals surface area contributed by atoms with Crippen molar-refractivity contribution in [2.45, 2.75) is 5.16 Å². The molecule has 32 heavy (non-hydrogen) atoms. The van der Waals surface area contributed by atoms with Gasteiger partial charge in [-0.3, -0.25) is 24.3 Å². The number of hydrogen-bond acceptors (Lipinski definition) is 7. The van der Waals surface area contributed by atoms with Crippen molar-refractivity contribution >= 4 is 34.1 Å². The van der Waals surface area contributed by atoms with Crippen molar-refractivity contribution in [2.24, 2.45) is 0 Å². The number of benzene rings is 3. The molecule has 0 saturated carbocycles. The van der Waals surface area contributed by atoms with Gasteiger partial charge in [0, 0.05) is 17.7 Å². The highest BCUT2D eigenvalue weighted by molar-refractivity contribution is 7.99. The molecular weight excluding hydrogens is 428 g/mol. The Hall–Kier alpha value is -4.29. The van der Waals surface area contributed by atoms with Gasteiger partial charge in [-0.15, -0.1) is 0 Å². The average Bonchev–Trinajstić information content (AvgIpc) is 2.83. The largest absolute Gasteiger partial charge is 0.293 e. The van der Waals surface area contributed by atoms with Gasteiger partial charge in [-0.25, -0.2) is 4.98 Å². The number of hydrogen-bond donors (Lipinski definition) is 0. The second-order valence-corrected chi connectivity index (χ2v) is 7.67. The molecule has 0 atom stereocenters. The van der Waals surface area contributed by atoms with Gasteiger partial charge < -0.3 is 0 Å². The van der Waals surface area contributed by atoms with Crippen LogP contribution in [0.3, 0.4) is 0 Å². The summed E-state index contributed by atoms with van der Waals surface area (Å²) in [5.41, 5.74) is 1.19. The summed E-state index contributed by atoms with van der Waals surface area (Å²) in [4.78, 5) is 40.9. The monoisotopic (exact) mass is 442 g/mol. The van der Waals surface area contributed by atoms with E-state index in [1.807, 2.05) is 6.07 Å². The van der Waals surface area contributed by atoms with E-state index >= 15 is 0 Å². The van der Waals surface area contributed by atoms with Gasteiger partial charge in [0.25, 0.3) is 11.2 Å². The maximum atomic E-state index is 13.2. The Morgan fingerprint density at radius 1 is 1.09 bits per heavy atom. The molecule has 0 bridgehead atoms. The smallest absolute Gasteiger partial charge is 0.270 e. The predicted octanol–water partition coefficient (Wildman–Crippen LogP) is 4.14. The van der Waals surface area contributed by atoms with E-state index in [2.05, 4.69) is 4.98 Å². The second-order valence-electron chi connectivity index (χ2n) is 6.73. The first kappa shape index (κ1) is 21.0. The number of carbonyl (C=O) groups excluding carboxylic acids is 1. The molecule has 0 spiro atoms. The first-order chi connectivity index (χ1) is 15.5. The summed E-state index contributed by atoms with van der Waals surface area (Å²) in [6, 6.07) is 20.9. The van der Waals surface area contributed by atoms with Gasteiger partial charge in [0.2, 0.25) is 0 Å². The van der Waals surface area contributed by atoms with E-state index in [0.29, 0.717) is 27.3 Å². The Labute approximate surface area is 185 Å². The highest BCUT2D eigenvalue weighted by Crippen LogP contribution is 2.23. The number of fused-ring (bicyclic) bond motifs is 1. The quantitative estimate of drug-likeness (QED) is 0.145. The number of thioether (sulfide) groups is 1. The van der Waals surface area contributed by atoms with E-state index in [0.717, 1.165) is 11.8 Å². The van der Waals surface area contributed by atoms with Crippen LogP contribution in [0.2, 0.25) is 0 Å². The number of ketones is 1. The Balaban J connectivity index is 1.73. The summed E-state index contributed by atoms with van der Waals surface area (Å²) in [5.74, 6) is -0.394. The number of nitriles is 1. The SMILES string of the molecule is N#Cc1ccc(-n2c(SCC(=O)c3cccc([N+](=O)[O-])c3)nc3ccccc3c2=O)cc1. The number of nitrogens with zero attached hydrogens (tertiary/aromatic N) is 4. The van der Waals surface area contributed by atoms with Crippen molar-refractivity contribution in [3.8, 4) is 11.8 Å². The third kappa shape index (κ3) is 4.12. The molecule has 0 aliphatic heterocycles. The molecule has 4 rings (SSSR count). The van der Waals surface area contributed by atoms with Gasteiger partial charge in [0.1, 0.15) is 0 Å². The number of carbonyl (C=O) groups is 1. The molecule has 9 heteroatoms. The first-order valence-electron chi connectivity index (χ1n) is 9.41. The Morgan fingerprint density at radius 3 is 2.56 bits per heavy atom. The van der Waals surface area contributed by atoms with Crippen LogP contribution < -0.4 is 5.56 Å². The molecule has 0 N–H and O–H groups in total. The summed E-state index contributed by atoms with van der Waals surface area (Å²) >= 11 is 1.07. The molecule has 0 radical (unpaired) electrons. The molecule has 0 amide bonds. The maximum absolute atomic E-state index is 13.2. The van der Waals surface area contributed by atoms with Crippen LogP contribution in [0.25, 0.3) is 16.6 Å². The highest BCUT2D eigenvalue weighted by atomic mass is 32.2. The number of Topliss-reactive ketones (excluding diaryl/α,β-unsaturated/α-hetero) is 1. The number of para-hydroxylation sites is 1. The summed E-state index contributed by atoms with van der Waals surface area (Å²) in [7, 11) is 0. The minimum atomic E-state index is -0.558. The van der Waals surface area contributed by atoms with Crippen LogP contribution in [0.4, 0.5) is 5.69 Å². The lowest BCUT2D eigenvalue weighted by Gasteiger charge is -2.13. The van der Waals surface area contributed by atoms with Crippen molar-refractivity contribution in [3.05, 3.63) is 104 Å². The fraction of sp³-hybridized carbons (Fsp3) is 0.0435. The van der Waals surface area contributed by atoms with Gasteiger partial charge in [-0.2, -0.15) is 5.26 Å². The zero-order valence-electron chi connectivity index (χ0n) is 16.5. The van der Waals surface area contributed by atoms with E-state index in [-0.39, 0.29) is 28.3 Å². The van der Waals surface area contributed by atoms with E-state index in [1.54, 1.807) is 48.5 Å². The van der Waals surface area contributed by atoms with Gasteiger partial charge in [0.05, 0.1) is 38.9 Å². The van der Waals surface area contributed by atoms with Crippen LogP contribution in [0, 0.1) is 21.4 Å². The minimum Gasteiger partial charge on any atom is -0.293 e. The van der Waals surface area contributed by atoms with Crippen molar-refractivity contribution in [1.82, 2.24) is 9.55 Å². The molecule has 1 aromatic heterocycles. The third-order valence-corrected chi connectivity index (χ3v) is 5.65. The number of nitro benzene ring substituents is 1. The minimum absolute atomic E-state index is 0.0672. The Kier molecular flexibility index (Phi) is 5.79. The number of rotatable bonds is 6. The molecule has 4 aromatic rings. The highest BCUT2D eigenvalue weighted by Gasteiger charge is 2.17. The lowest BCUT2D eigenvalue weighted by molar-refractivity contribution is -0.384. The second kappa shape index (κ2) is 8.83. The van der Waals surface area contributed by atoms with E-state index in [4.69, 9.17) is 5.26 Å². The fourth-order valence-corrected chi connectivity index (χ4v) is 4.04. The molecule has 0 aliphatic carbocycles. The normalized spacial score (nSPS) is 10.6. The molecule has 0 aliphatic rings. The third-order valence-electron chi connectivity index (χ3n) is 4.71. The molecule has 156 valence electrons. The van der Waals surface area contributed by atoms with Gasteiger partial charge in [0.15, 0.2) is 10.9 Å². The topological polar surface area (TPSA) is 119 Å². The number of nitro groups is 1. The fourth-order valence-electron chi connectivity index (χ4n) is 3.13. The van der Waals surface area contributed by atoms with Gasteiger partial charge in [-0.05, 0) is 36.4 Å². The van der Waals surface area contributed by atoms with Gasteiger partial charge >= 0.3 is 0 Å². The van der Waals surface area contributed by atoms with Crippen LogP contribution in [0.15, 0.2) is 82.7 Å². The first-order valence-corrected chi connectivity index (χ1v) is 10.4. The summed E-state index contributed by atoms with van der Waals surface area (Å²) in [6.45, 7) is 0. The number of aromatic nitrogens is 2. The van der Waals surface area contributed by atoms with Gasteiger partial charge in [-0.1, -0.05) is 36.0 Å². The van der Waals surface area contributed by atoms with E-state index in [1.165, 1.54) is 28.8 Å². The maximum Gasteiger partial charge on any atom is 0.270 e. The van der Waals surface area contributed by atoms with Crippen molar-refractivity contribution in [1.29, 1.82) is 5.26 Å². The summed E-state index contributed by atoms with van der Waals surface area (Å²) in [5, 5.41) is 20.8. The zero-order chi connectivity index (χ0) is 22.7. The molecular formula is C23H14N4O4S. The molecule has 0 unspecified atom stereocenters. The zero-order valence-corrected chi connectivity index (χ0v) is 17.3. The number of non-ortho nitro benzene ring substituents is 1. The lowest BCUT2D eigenvalue weighted by atomic mass is 10.1. The lowest BCUT2D eigenvalue weighted by Crippen LogP contribution is -2.22. The van der Waals surface area contributed by atoms with Crippen LogP contribution >= 0.6 is 11.8 Å². The summed E-state index contributed by atoms with van der Waals surface area (Å²) < 4.78 is 1.40. The van der Waals surface area contributed by atoms with Crippen LogP contribution in [0.5, 0.6) is 0 Å². The van der Waals surface area contributed by atoms with E-state index < -0.39 is 4.92 Å². The van der Waals surface area contributed by atoms with Crippen molar-refractivity contribution in [2.75, 3.05) is 5.75 Å². The summed E-state index contributed by atoms with van der Waals surface area (Å²) in [6.07, 6.45) is 0. The standard InChI is InChI=1S/C23H14N4O4S/c24-13-15-8-10-17(11-9-15)26-22(29)19-6-1-2-7-20(19)25-23(26)32-14-21(28)16-4-3-5-18(12-16)27(30)31/h1-12H,14H2. The molecule has 1 heterocycles. The predicted molar refractivity (Wildman–Crippen MR) is 120 cm³/mol. The van der Waals surface area contributed by atoms with Crippen molar-refractivity contribution < 1.29 is 9.72 Å². The molecule has 0 saturated heterocycles. The van der Waals surface area contributed by atoms with Crippen LogP contribution in [-0.4, -0.2) is 26.0 Å². The Bertz CT molecular complexity index is 1460. The van der Waals surface area contributed by atoms with Crippen LogP contribution in [-0.2, 0) is 0 Å².